The summed E-state index contributed by atoms with van der Waals surface area (Å²) in [5.74, 6) is -1.20. The van der Waals surface area contributed by atoms with Gasteiger partial charge in [-0.2, -0.15) is 0 Å². The van der Waals surface area contributed by atoms with Crippen LogP contribution in [0.3, 0.4) is 0 Å². The topological polar surface area (TPSA) is 97.5 Å². The fourth-order valence-corrected chi connectivity index (χ4v) is 2.68. The van der Waals surface area contributed by atoms with Gasteiger partial charge in [-0.1, -0.05) is 0 Å². The molecule has 0 fully saturated rings. The van der Waals surface area contributed by atoms with Gasteiger partial charge < -0.3 is 5.11 Å². The van der Waals surface area contributed by atoms with E-state index < -0.39 is 16.0 Å². The molecule has 0 spiro atoms. The van der Waals surface area contributed by atoms with Crippen LogP contribution < -0.4 is 5.14 Å². The Hall–Kier alpha value is -0.920. The van der Waals surface area contributed by atoms with Crippen LogP contribution in [0.15, 0.2) is 21.5 Å². The standard InChI is InChI=1S/C8H8BrNO4S/c1-4-2-5(8(11)12)3-6(7(4)9)15(10,13)14/h2-3H,1H3,(H,11,12)(H2,10,13,14). The zero-order chi connectivity index (χ0) is 11.8. The summed E-state index contributed by atoms with van der Waals surface area (Å²) in [5, 5.41) is 13.7. The third-order valence-electron chi connectivity index (χ3n) is 1.77. The summed E-state index contributed by atoms with van der Waals surface area (Å²) in [5.41, 5.74) is 0.388. The molecule has 0 radical (unpaired) electrons. The summed E-state index contributed by atoms with van der Waals surface area (Å²) in [4.78, 5) is 10.5. The number of hydrogen-bond donors (Lipinski definition) is 2. The number of primary sulfonamides is 1. The summed E-state index contributed by atoms with van der Waals surface area (Å²) in [6.45, 7) is 1.59. The van der Waals surface area contributed by atoms with Crippen molar-refractivity contribution in [3.8, 4) is 0 Å². The fraction of sp³-hybridized carbons (Fsp3) is 0.125. The molecule has 15 heavy (non-hydrogen) atoms. The van der Waals surface area contributed by atoms with Crippen LogP contribution in [-0.4, -0.2) is 19.5 Å². The first-order valence-corrected chi connectivity index (χ1v) is 6.13. The van der Waals surface area contributed by atoms with Crippen LogP contribution in [0.4, 0.5) is 0 Å². The molecule has 0 aliphatic rings. The average Bonchev–Trinajstić information content (AvgIpc) is 2.06. The zero-order valence-corrected chi connectivity index (χ0v) is 10.1. The minimum Gasteiger partial charge on any atom is -0.478 e. The van der Waals surface area contributed by atoms with E-state index in [0.29, 0.717) is 5.56 Å². The largest absolute Gasteiger partial charge is 0.478 e. The van der Waals surface area contributed by atoms with Crippen molar-refractivity contribution in [3.05, 3.63) is 27.7 Å². The predicted octanol–water partition coefficient (Wildman–Crippen LogP) is 1.10. The van der Waals surface area contributed by atoms with Crippen LogP contribution in [0, 0.1) is 6.92 Å². The van der Waals surface area contributed by atoms with Crippen molar-refractivity contribution in [2.45, 2.75) is 11.8 Å². The van der Waals surface area contributed by atoms with Gasteiger partial charge in [-0.15, -0.1) is 0 Å². The van der Waals surface area contributed by atoms with E-state index in [4.69, 9.17) is 10.2 Å². The van der Waals surface area contributed by atoms with Crippen molar-refractivity contribution >= 4 is 31.9 Å². The number of carboxylic acids is 1. The first kappa shape index (κ1) is 12.2. The van der Waals surface area contributed by atoms with Gasteiger partial charge in [0.2, 0.25) is 10.0 Å². The van der Waals surface area contributed by atoms with E-state index in [9.17, 15) is 13.2 Å². The van der Waals surface area contributed by atoms with Crippen molar-refractivity contribution in [3.63, 3.8) is 0 Å². The minimum atomic E-state index is -3.92. The second kappa shape index (κ2) is 3.92. The highest BCUT2D eigenvalue weighted by atomic mass is 79.9. The number of halogens is 1. The molecule has 1 aromatic rings. The molecule has 1 rings (SSSR count). The Balaban J connectivity index is 3.59. The molecule has 3 N–H and O–H groups in total. The van der Waals surface area contributed by atoms with Gasteiger partial charge in [0.05, 0.1) is 10.5 Å². The number of carbonyl (C=O) groups is 1. The highest BCUT2D eigenvalue weighted by Gasteiger charge is 2.17. The number of rotatable bonds is 2. The minimum absolute atomic E-state index is 0.111. The van der Waals surface area contributed by atoms with Gasteiger partial charge in [0.25, 0.3) is 0 Å². The van der Waals surface area contributed by atoms with Gasteiger partial charge in [-0.05, 0) is 40.5 Å². The second-order valence-electron chi connectivity index (χ2n) is 2.96. The number of hydrogen-bond acceptors (Lipinski definition) is 3. The first-order chi connectivity index (χ1) is 6.73. The number of aryl methyl sites for hydroxylation is 1. The molecule has 0 aliphatic carbocycles. The number of aromatic carboxylic acids is 1. The van der Waals surface area contributed by atoms with Crippen molar-refractivity contribution in [1.29, 1.82) is 0 Å². The van der Waals surface area contributed by atoms with E-state index in [-0.39, 0.29) is 14.9 Å². The summed E-state index contributed by atoms with van der Waals surface area (Å²) in [7, 11) is -3.92. The molecule has 0 amide bonds. The van der Waals surface area contributed by atoms with Crippen LogP contribution in [-0.2, 0) is 10.0 Å². The molecule has 7 heteroatoms. The molecule has 0 heterocycles. The first-order valence-electron chi connectivity index (χ1n) is 3.79. The summed E-state index contributed by atoms with van der Waals surface area (Å²) >= 11 is 3.05. The third-order valence-corrected chi connectivity index (χ3v) is 4.02. The molecule has 0 aliphatic heterocycles. The fourth-order valence-electron chi connectivity index (χ4n) is 1.07. The maximum atomic E-state index is 11.1. The van der Waals surface area contributed by atoms with Crippen molar-refractivity contribution in [2.24, 2.45) is 5.14 Å². The molecule has 0 aromatic heterocycles. The van der Waals surface area contributed by atoms with Crippen LogP contribution in [0.2, 0.25) is 0 Å². The van der Waals surface area contributed by atoms with Crippen LogP contribution in [0.1, 0.15) is 15.9 Å². The Kier molecular flexibility index (Phi) is 3.17. The maximum Gasteiger partial charge on any atom is 0.335 e. The molecular weight excluding hydrogens is 286 g/mol. The molecule has 82 valence electrons. The molecule has 0 bridgehead atoms. The quantitative estimate of drug-likeness (QED) is 0.853. The lowest BCUT2D eigenvalue weighted by Crippen LogP contribution is -2.14. The Bertz CT molecular complexity index is 524. The van der Waals surface area contributed by atoms with E-state index >= 15 is 0 Å². The number of benzene rings is 1. The Labute approximate surface area is 95.1 Å². The number of sulfonamides is 1. The van der Waals surface area contributed by atoms with E-state index in [1.165, 1.54) is 6.07 Å². The van der Waals surface area contributed by atoms with Gasteiger partial charge >= 0.3 is 5.97 Å². The molecule has 1 aromatic carbocycles. The highest BCUT2D eigenvalue weighted by molar-refractivity contribution is 9.10. The van der Waals surface area contributed by atoms with Gasteiger partial charge in [0, 0.05) is 4.47 Å². The van der Waals surface area contributed by atoms with Crippen molar-refractivity contribution < 1.29 is 18.3 Å². The Morgan fingerprint density at radius 2 is 2.00 bits per heavy atom. The SMILES string of the molecule is Cc1cc(C(=O)O)cc(S(N)(=O)=O)c1Br. The second-order valence-corrected chi connectivity index (χ2v) is 5.28. The number of nitrogens with two attached hydrogens (primary N) is 1. The summed E-state index contributed by atoms with van der Waals surface area (Å²) in [6.07, 6.45) is 0. The van der Waals surface area contributed by atoms with Crippen LogP contribution in [0.5, 0.6) is 0 Å². The number of carboxylic acid groups (broad SMARTS) is 1. The van der Waals surface area contributed by atoms with E-state index in [2.05, 4.69) is 15.9 Å². The van der Waals surface area contributed by atoms with E-state index in [0.717, 1.165) is 6.07 Å². The lowest BCUT2D eigenvalue weighted by atomic mass is 10.1. The smallest absolute Gasteiger partial charge is 0.335 e. The Morgan fingerprint density at radius 3 is 2.40 bits per heavy atom. The molecule has 0 saturated carbocycles. The van der Waals surface area contributed by atoms with Crippen molar-refractivity contribution in [1.82, 2.24) is 0 Å². The Morgan fingerprint density at radius 1 is 1.47 bits per heavy atom. The van der Waals surface area contributed by atoms with Crippen LogP contribution >= 0.6 is 15.9 Å². The lowest BCUT2D eigenvalue weighted by Gasteiger charge is -2.06. The van der Waals surface area contributed by atoms with Gasteiger partial charge in [-0.25, -0.2) is 18.4 Å². The molecule has 0 atom stereocenters. The zero-order valence-electron chi connectivity index (χ0n) is 7.69. The maximum absolute atomic E-state index is 11.1. The van der Waals surface area contributed by atoms with Crippen molar-refractivity contribution in [2.75, 3.05) is 0 Å². The molecule has 5 nitrogen and oxygen atoms in total. The monoisotopic (exact) mass is 293 g/mol. The summed E-state index contributed by atoms with van der Waals surface area (Å²) < 4.78 is 22.6. The van der Waals surface area contributed by atoms with Gasteiger partial charge in [-0.3, -0.25) is 0 Å². The summed E-state index contributed by atoms with van der Waals surface area (Å²) in [6, 6.07) is 2.38. The van der Waals surface area contributed by atoms with Crippen LogP contribution in [0.25, 0.3) is 0 Å². The average molecular weight is 294 g/mol. The normalized spacial score (nSPS) is 11.4. The molecular formula is C8H8BrNO4S. The van der Waals surface area contributed by atoms with E-state index in [1.54, 1.807) is 6.92 Å². The van der Waals surface area contributed by atoms with Gasteiger partial charge in [0.15, 0.2) is 0 Å². The molecule has 0 unspecified atom stereocenters. The molecule has 0 saturated heterocycles. The van der Waals surface area contributed by atoms with Gasteiger partial charge in [0.1, 0.15) is 0 Å². The van der Waals surface area contributed by atoms with E-state index in [1.807, 2.05) is 0 Å². The highest BCUT2D eigenvalue weighted by Crippen LogP contribution is 2.26. The third kappa shape index (κ3) is 2.55. The lowest BCUT2D eigenvalue weighted by molar-refractivity contribution is 0.0696. The predicted molar refractivity (Wildman–Crippen MR) is 57.2 cm³/mol.